The summed E-state index contributed by atoms with van der Waals surface area (Å²) in [6.45, 7) is 1.38. The summed E-state index contributed by atoms with van der Waals surface area (Å²) in [5, 5.41) is 17.2. The summed E-state index contributed by atoms with van der Waals surface area (Å²) in [5.74, 6) is 0. The lowest BCUT2D eigenvalue weighted by molar-refractivity contribution is 0.214. The molecule has 0 radical (unpaired) electrons. The molecule has 0 unspecified atom stereocenters. The lowest BCUT2D eigenvalue weighted by atomic mass is 9.99. The first-order valence-electron chi connectivity index (χ1n) is 7.27. The standard InChI is InChI=1S/C14H23BrN4O2/c1-18(2)7-8-19-13(21)12(15)11(9-16-19)17-14(10-20)5-3-4-6-14/h9,17,20H,3-8,10H2,1-2H3. The molecule has 0 aliphatic heterocycles. The van der Waals surface area contributed by atoms with Gasteiger partial charge in [-0.1, -0.05) is 12.8 Å². The van der Waals surface area contributed by atoms with E-state index in [-0.39, 0.29) is 17.7 Å². The molecule has 6 nitrogen and oxygen atoms in total. The summed E-state index contributed by atoms with van der Waals surface area (Å²) >= 11 is 3.37. The molecule has 0 saturated heterocycles. The predicted octanol–water partition coefficient (Wildman–Crippen LogP) is 1.28. The van der Waals surface area contributed by atoms with Crippen molar-refractivity contribution in [1.82, 2.24) is 14.7 Å². The molecular formula is C14H23BrN4O2. The van der Waals surface area contributed by atoms with Crippen LogP contribution >= 0.6 is 15.9 Å². The van der Waals surface area contributed by atoms with Gasteiger partial charge in [0, 0.05) is 6.54 Å². The van der Waals surface area contributed by atoms with Crippen LogP contribution in [0.3, 0.4) is 0 Å². The van der Waals surface area contributed by atoms with Crippen LogP contribution in [0.4, 0.5) is 5.69 Å². The quantitative estimate of drug-likeness (QED) is 0.801. The van der Waals surface area contributed by atoms with Crippen molar-refractivity contribution in [2.45, 2.75) is 37.8 Å². The minimum atomic E-state index is -0.313. The van der Waals surface area contributed by atoms with E-state index >= 15 is 0 Å². The lowest BCUT2D eigenvalue weighted by Crippen LogP contribution is -2.40. The lowest BCUT2D eigenvalue weighted by Gasteiger charge is -2.29. The molecule has 1 aliphatic rings. The Balaban J connectivity index is 2.18. The Morgan fingerprint density at radius 3 is 2.71 bits per heavy atom. The second kappa shape index (κ2) is 6.89. The van der Waals surface area contributed by atoms with Gasteiger partial charge in [0.1, 0.15) is 4.47 Å². The van der Waals surface area contributed by atoms with Gasteiger partial charge in [-0.15, -0.1) is 0 Å². The highest BCUT2D eigenvalue weighted by atomic mass is 79.9. The number of hydrogen-bond acceptors (Lipinski definition) is 5. The topological polar surface area (TPSA) is 70.4 Å². The Morgan fingerprint density at radius 2 is 2.14 bits per heavy atom. The first kappa shape index (κ1) is 16.5. The molecule has 0 aromatic carbocycles. The number of likely N-dealkylation sites (N-methyl/N-ethyl adjacent to an activating group) is 1. The maximum absolute atomic E-state index is 12.3. The predicted molar refractivity (Wildman–Crippen MR) is 86.7 cm³/mol. The van der Waals surface area contributed by atoms with E-state index in [1.54, 1.807) is 6.20 Å². The molecule has 1 aromatic heterocycles. The summed E-state index contributed by atoms with van der Waals surface area (Å²) in [7, 11) is 3.92. The van der Waals surface area contributed by atoms with E-state index in [1.165, 1.54) is 4.68 Å². The van der Waals surface area contributed by atoms with Crippen molar-refractivity contribution in [2.75, 3.05) is 32.6 Å². The number of nitrogens with one attached hydrogen (secondary N) is 1. The summed E-state index contributed by atoms with van der Waals surface area (Å²) in [6, 6.07) is 0. The Hall–Kier alpha value is -0.920. The maximum Gasteiger partial charge on any atom is 0.283 e. The number of aromatic nitrogens is 2. The zero-order valence-corrected chi connectivity index (χ0v) is 14.2. The molecule has 0 atom stereocenters. The Bertz CT molecular complexity index is 538. The summed E-state index contributed by atoms with van der Waals surface area (Å²) < 4.78 is 1.94. The van der Waals surface area contributed by atoms with Gasteiger partial charge in [-0.3, -0.25) is 4.79 Å². The number of aliphatic hydroxyl groups is 1. The van der Waals surface area contributed by atoms with Gasteiger partial charge < -0.3 is 15.3 Å². The van der Waals surface area contributed by atoms with Crippen LogP contribution in [0.25, 0.3) is 0 Å². The molecule has 7 heteroatoms. The van der Waals surface area contributed by atoms with Gasteiger partial charge >= 0.3 is 0 Å². The first-order valence-corrected chi connectivity index (χ1v) is 8.06. The normalized spacial score (nSPS) is 17.4. The van der Waals surface area contributed by atoms with Gasteiger partial charge in [0.25, 0.3) is 5.56 Å². The number of rotatable bonds is 6. The Labute approximate surface area is 133 Å². The highest BCUT2D eigenvalue weighted by Crippen LogP contribution is 2.33. The van der Waals surface area contributed by atoms with Crippen LogP contribution in [0.15, 0.2) is 15.5 Å². The van der Waals surface area contributed by atoms with Crippen LogP contribution in [-0.4, -0.2) is 52.6 Å². The highest BCUT2D eigenvalue weighted by molar-refractivity contribution is 9.10. The van der Waals surface area contributed by atoms with Gasteiger partial charge in [0.15, 0.2) is 0 Å². The molecule has 0 amide bonds. The molecule has 2 N–H and O–H groups in total. The van der Waals surface area contributed by atoms with E-state index in [4.69, 9.17) is 0 Å². The van der Waals surface area contributed by atoms with Gasteiger partial charge in [0.05, 0.1) is 30.6 Å². The second-order valence-electron chi connectivity index (χ2n) is 5.97. The molecule has 0 bridgehead atoms. The first-order chi connectivity index (χ1) is 9.97. The molecule has 21 heavy (non-hydrogen) atoms. The van der Waals surface area contributed by atoms with E-state index in [0.717, 1.165) is 32.2 Å². The van der Waals surface area contributed by atoms with Crippen molar-refractivity contribution in [2.24, 2.45) is 0 Å². The fraction of sp³-hybridized carbons (Fsp3) is 0.714. The molecule has 2 rings (SSSR count). The highest BCUT2D eigenvalue weighted by Gasteiger charge is 2.33. The number of aliphatic hydroxyl groups excluding tert-OH is 1. The van der Waals surface area contributed by atoms with Crippen molar-refractivity contribution < 1.29 is 5.11 Å². The number of anilines is 1. The van der Waals surface area contributed by atoms with E-state index in [1.807, 2.05) is 19.0 Å². The molecule has 1 aliphatic carbocycles. The zero-order chi connectivity index (χ0) is 15.5. The summed E-state index contributed by atoms with van der Waals surface area (Å²) in [5.41, 5.74) is 0.205. The Kier molecular flexibility index (Phi) is 5.40. The van der Waals surface area contributed by atoms with Gasteiger partial charge in [-0.05, 0) is 42.9 Å². The maximum atomic E-state index is 12.3. The SMILES string of the molecule is CN(C)CCn1ncc(NC2(CO)CCCC2)c(Br)c1=O. The Morgan fingerprint density at radius 1 is 1.48 bits per heavy atom. The largest absolute Gasteiger partial charge is 0.394 e. The van der Waals surface area contributed by atoms with E-state index < -0.39 is 0 Å². The van der Waals surface area contributed by atoms with Crippen molar-refractivity contribution >= 4 is 21.6 Å². The molecule has 1 heterocycles. The average molecular weight is 359 g/mol. The van der Waals surface area contributed by atoms with Gasteiger partial charge in [-0.25, -0.2) is 4.68 Å². The molecule has 1 fully saturated rings. The average Bonchev–Trinajstić information content (AvgIpc) is 2.92. The molecule has 1 aromatic rings. The zero-order valence-electron chi connectivity index (χ0n) is 12.6. The van der Waals surface area contributed by atoms with Crippen LogP contribution < -0.4 is 10.9 Å². The monoisotopic (exact) mass is 358 g/mol. The van der Waals surface area contributed by atoms with E-state index in [0.29, 0.717) is 16.7 Å². The molecule has 118 valence electrons. The third-order valence-corrected chi connectivity index (χ3v) is 4.77. The van der Waals surface area contributed by atoms with Gasteiger partial charge in [-0.2, -0.15) is 5.10 Å². The van der Waals surface area contributed by atoms with Crippen LogP contribution in [-0.2, 0) is 6.54 Å². The van der Waals surface area contributed by atoms with Crippen LogP contribution in [0, 0.1) is 0 Å². The number of hydrogen-bond donors (Lipinski definition) is 2. The van der Waals surface area contributed by atoms with E-state index in [9.17, 15) is 9.90 Å². The second-order valence-corrected chi connectivity index (χ2v) is 6.77. The van der Waals surface area contributed by atoms with Crippen molar-refractivity contribution in [3.8, 4) is 0 Å². The summed E-state index contributed by atoms with van der Waals surface area (Å²) in [6.07, 6.45) is 5.69. The molecule has 0 spiro atoms. The smallest absolute Gasteiger partial charge is 0.283 e. The van der Waals surface area contributed by atoms with E-state index in [2.05, 4.69) is 26.3 Å². The van der Waals surface area contributed by atoms with Crippen molar-refractivity contribution in [3.63, 3.8) is 0 Å². The van der Waals surface area contributed by atoms with Crippen LogP contribution in [0.2, 0.25) is 0 Å². The van der Waals surface area contributed by atoms with Crippen molar-refractivity contribution in [3.05, 3.63) is 21.0 Å². The number of nitrogens with zero attached hydrogens (tertiary/aromatic N) is 3. The summed E-state index contributed by atoms with van der Waals surface area (Å²) in [4.78, 5) is 14.3. The van der Waals surface area contributed by atoms with Crippen LogP contribution in [0.1, 0.15) is 25.7 Å². The van der Waals surface area contributed by atoms with Gasteiger partial charge in [0.2, 0.25) is 0 Å². The molecule has 1 saturated carbocycles. The third kappa shape index (κ3) is 3.84. The fourth-order valence-corrected chi connectivity index (χ4v) is 3.07. The third-order valence-electron chi connectivity index (χ3n) is 4.01. The minimum absolute atomic E-state index is 0.0726. The fourth-order valence-electron chi connectivity index (χ4n) is 2.67. The number of halogens is 1. The molecular weight excluding hydrogens is 336 g/mol. The van der Waals surface area contributed by atoms with Crippen LogP contribution in [0.5, 0.6) is 0 Å². The van der Waals surface area contributed by atoms with Crippen molar-refractivity contribution in [1.29, 1.82) is 0 Å². The minimum Gasteiger partial charge on any atom is -0.394 e.